The number of nitrogens with zero attached hydrogens (tertiary/aromatic N) is 2. The highest BCUT2D eigenvalue weighted by Gasteiger charge is 2.18. The van der Waals surface area contributed by atoms with Crippen LogP contribution in [0, 0.1) is 6.92 Å². The number of hydrogen-bond acceptors (Lipinski definition) is 4. The zero-order chi connectivity index (χ0) is 19.7. The Morgan fingerprint density at radius 3 is 2.43 bits per heavy atom. The maximum Gasteiger partial charge on any atom is 0.263 e. The van der Waals surface area contributed by atoms with E-state index < -0.39 is 0 Å². The monoisotopic (exact) mass is 388 g/mol. The van der Waals surface area contributed by atoms with Crippen LogP contribution in [0.3, 0.4) is 0 Å². The minimum absolute atomic E-state index is 0.0510. The smallest absolute Gasteiger partial charge is 0.263 e. The number of thiophene rings is 1. The molecule has 0 amide bonds. The van der Waals surface area contributed by atoms with Crippen LogP contribution in [0.15, 0.2) is 64.8 Å². The van der Waals surface area contributed by atoms with Crippen molar-refractivity contribution >= 4 is 27.3 Å². The molecule has 0 bridgehead atoms. The second kappa shape index (κ2) is 7.52. The van der Waals surface area contributed by atoms with E-state index in [-0.39, 0.29) is 11.3 Å². The van der Waals surface area contributed by atoms with E-state index in [0.29, 0.717) is 24.2 Å². The highest BCUT2D eigenvalue weighted by Crippen LogP contribution is 2.32. The predicted octanol–water partition coefficient (Wildman–Crippen LogP) is 5.08. The van der Waals surface area contributed by atoms with Crippen LogP contribution >= 0.6 is 11.3 Å². The Hall–Kier alpha value is -3.05. The fourth-order valence-corrected chi connectivity index (χ4v) is 4.19. The SMILES string of the molecule is CC(=O)CCn1c(-c2ccccc2)nc2scc(-c3ccc(C)cc3)c2c1=O. The summed E-state index contributed by atoms with van der Waals surface area (Å²) in [5, 5.41) is 2.62. The van der Waals surface area contributed by atoms with E-state index in [1.807, 2.05) is 66.9 Å². The highest BCUT2D eigenvalue weighted by atomic mass is 32.1. The van der Waals surface area contributed by atoms with Gasteiger partial charge in [-0.3, -0.25) is 14.2 Å². The molecule has 0 aliphatic rings. The Morgan fingerprint density at radius 1 is 1.04 bits per heavy atom. The Balaban J connectivity index is 1.96. The van der Waals surface area contributed by atoms with Crippen molar-refractivity contribution < 1.29 is 4.79 Å². The molecule has 0 N–H and O–H groups in total. The van der Waals surface area contributed by atoms with E-state index in [1.54, 1.807) is 11.5 Å². The molecule has 0 saturated carbocycles. The van der Waals surface area contributed by atoms with E-state index in [4.69, 9.17) is 4.98 Å². The molecule has 0 unspecified atom stereocenters. The topological polar surface area (TPSA) is 52.0 Å². The minimum atomic E-state index is -0.0954. The third kappa shape index (κ3) is 3.41. The van der Waals surface area contributed by atoms with E-state index in [2.05, 4.69) is 0 Å². The number of Topliss-reactive ketones (excluding diaryl/α,β-unsaturated/α-hetero) is 1. The quantitative estimate of drug-likeness (QED) is 0.479. The molecule has 0 atom stereocenters. The van der Waals surface area contributed by atoms with Gasteiger partial charge in [0.25, 0.3) is 5.56 Å². The Labute approximate surface area is 167 Å². The number of aromatic nitrogens is 2. The molecule has 0 spiro atoms. The molecule has 0 aliphatic carbocycles. The van der Waals surface area contributed by atoms with Gasteiger partial charge in [-0.05, 0) is 19.4 Å². The minimum Gasteiger partial charge on any atom is -0.300 e. The van der Waals surface area contributed by atoms with Gasteiger partial charge in [0.05, 0.1) is 5.39 Å². The molecule has 0 fully saturated rings. The van der Waals surface area contributed by atoms with Gasteiger partial charge in [0.15, 0.2) is 0 Å². The Bertz CT molecular complexity index is 1210. The highest BCUT2D eigenvalue weighted by molar-refractivity contribution is 7.17. The fourth-order valence-electron chi connectivity index (χ4n) is 3.25. The third-order valence-corrected chi connectivity index (χ3v) is 5.65. The third-order valence-electron chi connectivity index (χ3n) is 4.78. The molecule has 28 heavy (non-hydrogen) atoms. The standard InChI is InChI=1S/C23H20N2O2S/c1-15-8-10-17(11-9-15)19-14-28-22-20(19)23(27)25(13-12-16(2)26)21(24-22)18-6-4-3-5-7-18/h3-11,14H,12-13H2,1-2H3. The first-order valence-corrected chi connectivity index (χ1v) is 10.1. The van der Waals surface area contributed by atoms with Gasteiger partial charge in [0, 0.05) is 29.5 Å². The van der Waals surface area contributed by atoms with Gasteiger partial charge in [-0.2, -0.15) is 0 Å². The van der Waals surface area contributed by atoms with Gasteiger partial charge in [-0.1, -0.05) is 60.2 Å². The molecule has 4 rings (SSSR count). The first kappa shape index (κ1) is 18.3. The number of ketones is 1. The molecule has 140 valence electrons. The summed E-state index contributed by atoms with van der Waals surface area (Å²) in [7, 11) is 0. The molecule has 2 heterocycles. The van der Waals surface area contributed by atoms with Crippen molar-refractivity contribution in [3.63, 3.8) is 0 Å². The van der Waals surface area contributed by atoms with Gasteiger partial charge in [0.1, 0.15) is 16.4 Å². The molecule has 0 aliphatic heterocycles. The molecule has 0 saturated heterocycles. The number of aryl methyl sites for hydroxylation is 1. The number of hydrogen-bond donors (Lipinski definition) is 0. The number of carbonyl (C=O) groups excluding carboxylic acids is 1. The van der Waals surface area contributed by atoms with E-state index in [1.165, 1.54) is 16.9 Å². The van der Waals surface area contributed by atoms with Crippen LogP contribution < -0.4 is 5.56 Å². The van der Waals surface area contributed by atoms with E-state index >= 15 is 0 Å². The lowest BCUT2D eigenvalue weighted by Gasteiger charge is -2.12. The molecule has 4 aromatic rings. The average Bonchev–Trinajstić information content (AvgIpc) is 3.12. The van der Waals surface area contributed by atoms with Crippen LogP contribution in [0.4, 0.5) is 0 Å². The van der Waals surface area contributed by atoms with Crippen molar-refractivity contribution in [2.75, 3.05) is 0 Å². The number of carbonyl (C=O) groups is 1. The Morgan fingerprint density at radius 2 is 1.75 bits per heavy atom. The summed E-state index contributed by atoms with van der Waals surface area (Å²) < 4.78 is 1.64. The molecule has 5 heteroatoms. The Kier molecular flexibility index (Phi) is 4.92. The summed E-state index contributed by atoms with van der Waals surface area (Å²) in [5.74, 6) is 0.659. The second-order valence-electron chi connectivity index (χ2n) is 6.91. The molecule has 2 aromatic carbocycles. The van der Waals surface area contributed by atoms with Gasteiger partial charge in [-0.25, -0.2) is 4.98 Å². The fraction of sp³-hybridized carbons (Fsp3) is 0.174. The molecule has 2 aromatic heterocycles. The van der Waals surface area contributed by atoms with Crippen molar-refractivity contribution in [3.05, 3.63) is 75.9 Å². The summed E-state index contributed by atoms with van der Waals surface area (Å²) in [4.78, 5) is 30.6. The van der Waals surface area contributed by atoms with Gasteiger partial charge in [0.2, 0.25) is 0 Å². The summed E-state index contributed by atoms with van der Waals surface area (Å²) in [5.41, 5.74) is 3.85. The van der Waals surface area contributed by atoms with Crippen LogP contribution in [0.2, 0.25) is 0 Å². The maximum atomic E-state index is 13.5. The summed E-state index contributed by atoms with van der Waals surface area (Å²) in [6.07, 6.45) is 0.303. The van der Waals surface area contributed by atoms with Gasteiger partial charge >= 0.3 is 0 Å². The molecule has 0 radical (unpaired) electrons. The molecular formula is C23H20N2O2S. The largest absolute Gasteiger partial charge is 0.300 e. The van der Waals surface area contributed by atoms with Crippen molar-refractivity contribution in [2.24, 2.45) is 0 Å². The average molecular weight is 388 g/mol. The predicted molar refractivity (Wildman–Crippen MR) is 115 cm³/mol. The van der Waals surface area contributed by atoms with Gasteiger partial charge < -0.3 is 0 Å². The van der Waals surface area contributed by atoms with Crippen molar-refractivity contribution in [1.82, 2.24) is 9.55 Å². The summed E-state index contributed by atoms with van der Waals surface area (Å²) in [6, 6.07) is 17.8. The summed E-state index contributed by atoms with van der Waals surface area (Å²) in [6.45, 7) is 3.91. The van der Waals surface area contributed by atoms with Crippen LogP contribution in [-0.2, 0) is 11.3 Å². The van der Waals surface area contributed by atoms with Crippen LogP contribution in [0.1, 0.15) is 18.9 Å². The van der Waals surface area contributed by atoms with Crippen molar-refractivity contribution in [2.45, 2.75) is 26.8 Å². The maximum absolute atomic E-state index is 13.5. The first-order chi connectivity index (χ1) is 13.5. The molecule has 4 nitrogen and oxygen atoms in total. The van der Waals surface area contributed by atoms with Gasteiger partial charge in [-0.15, -0.1) is 11.3 Å². The van der Waals surface area contributed by atoms with Crippen LogP contribution in [0.25, 0.3) is 32.7 Å². The van der Waals surface area contributed by atoms with E-state index in [0.717, 1.165) is 21.5 Å². The van der Waals surface area contributed by atoms with Crippen LogP contribution in [-0.4, -0.2) is 15.3 Å². The number of fused-ring (bicyclic) bond motifs is 1. The first-order valence-electron chi connectivity index (χ1n) is 9.18. The molecular weight excluding hydrogens is 368 g/mol. The zero-order valence-corrected chi connectivity index (χ0v) is 16.6. The van der Waals surface area contributed by atoms with Crippen LogP contribution in [0.5, 0.6) is 0 Å². The number of benzene rings is 2. The summed E-state index contributed by atoms with van der Waals surface area (Å²) >= 11 is 1.48. The second-order valence-corrected chi connectivity index (χ2v) is 7.76. The van der Waals surface area contributed by atoms with Crippen molar-refractivity contribution in [1.29, 1.82) is 0 Å². The zero-order valence-electron chi connectivity index (χ0n) is 15.8. The van der Waals surface area contributed by atoms with Crippen molar-refractivity contribution in [3.8, 4) is 22.5 Å². The lowest BCUT2D eigenvalue weighted by Crippen LogP contribution is -2.24. The lowest BCUT2D eigenvalue weighted by atomic mass is 10.0. The normalized spacial score (nSPS) is 11.1. The number of rotatable bonds is 5. The van der Waals surface area contributed by atoms with E-state index in [9.17, 15) is 9.59 Å². The lowest BCUT2D eigenvalue weighted by molar-refractivity contribution is -0.117.